The second kappa shape index (κ2) is 6.60. The van der Waals surface area contributed by atoms with Crippen LogP contribution in [0, 0.1) is 25.7 Å². The van der Waals surface area contributed by atoms with Gasteiger partial charge in [0.1, 0.15) is 0 Å². The second-order valence-corrected chi connectivity index (χ2v) is 6.39. The van der Waals surface area contributed by atoms with E-state index in [-0.39, 0.29) is 12.0 Å². The van der Waals surface area contributed by atoms with Gasteiger partial charge in [0.05, 0.1) is 11.6 Å². The number of carbonyl (C=O) groups is 1. The van der Waals surface area contributed by atoms with E-state index in [0.717, 1.165) is 37.9 Å². The fourth-order valence-corrected chi connectivity index (χ4v) is 3.48. The quantitative estimate of drug-likeness (QED) is 0.875. The molecule has 5 nitrogen and oxygen atoms in total. The third kappa shape index (κ3) is 3.64. The molecule has 1 fully saturated rings. The topological polar surface area (TPSA) is 67.2 Å². The van der Waals surface area contributed by atoms with Crippen molar-refractivity contribution >= 4 is 5.97 Å². The van der Waals surface area contributed by atoms with Crippen LogP contribution in [0.15, 0.2) is 0 Å². The molecule has 0 spiro atoms. The van der Waals surface area contributed by atoms with Crippen LogP contribution in [0.1, 0.15) is 55.6 Å². The summed E-state index contributed by atoms with van der Waals surface area (Å²) < 4.78 is 1.93. The fraction of sp³-hybridized carbons (Fsp3) is 0.750. The van der Waals surface area contributed by atoms with Crippen molar-refractivity contribution in [3.63, 3.8) is 0 Å². The molecule has 0 amide bonds. The largest absolute Gasteiger partial charge is 0.481 e. The molecular weight excluding hydrogens is 266 g/mol. The summed E-state index contributed by atoms with van der Waals surface area (Å²) in [6, 6.07) is 0.288. The summed E-state index contributed by atoms with van der Waals surface area (Å²) in [7, 11) is 1.98. The van der Waals surface area contributed by atoms with Crippen LogP contribution in [0.4, 0.5) is 0 Å². The summed E-state index contributed by atoms with van der Waals surface area (Å²) in [6.07, 6.45) is 3.67. The zero-order valence-electron chi connectivity index (χ0n) is 13.5. The third-order valence-electron chi connectivity index (χ3n) is 4.91. The molecule has 5 heteroatoms. The average Bonchev–Trinajstić information content (AvgIpc) is 2.70. The minimum absolute atomic E-state index is 0.124. The molecule has 1 saturated carbocycles. The smallest absolute Gasteiger partial charge is 0.306 e. The molecular formula is C16H27N3O2. The fourth-order valence-electron chi connectivity index (χ4n) is 3.48. The van der Waals surface area contributed by atoms with Crippen LogP contribution in [-0.2, 0) is 11.8 Å². The van der Waals surface area contributed by atoms with E-state index in [1.807, 2.05) is 11.7 Å². The van der Waals surface area contributed by atoms with Crippen LogP contribution in [0.3, 0.4) is 0 Å². The number of rotatable bonds is 5. The number of carboxylic acids is 1. The Balaban J connectivity index is 1.85. The molecule has 1 aliphatic rings. The van der Waals surface area contributed by atoms with Crippen LogP contribution >= 0.6 is 0 Å². The van der Waals surface area contributed by atoms with Crippen molar-refractivity contribution in [2.75, 3.05) is 6.54 Å². The van der Waals surface area contributed by atoms with E-state index in [9.17, 15) is 4.79 Å². The molecule has 0 aliphatic heterocycles. The molecule has 1 atom stereocenters. The van der Waals surface area contributed by atoms with Crippen molar-refractivity contribution in [2.45, 2.75) is 52.5 Å². The first kappa shape index (κ1) is 16.0. The first-order valence-corrected chi connectivity index (χ1v) is 7.86. The predicted molar refractivity (Wildman–Crippen MR) is 82.2 cm³/mol. The van der Waals surface area contributed by atoms with Gasteiger partial charge in [0.15, 0.2) is 0 Å². The van der Waals surface area contributed by atoms with Crippen LogP contribution in [0.5, 0.6) is 0 Å². The molecule has 0 aromatic carbocycles. The van der Waals surface area contributed by atoms with Gasteiger partial charge in [-0.25, -0.2) is 0 Å². The molecule has 1 heterocycles. The number of nitrogens with one attached hydrogen (secondary N) is 1. The molecule has 0 saturated heterocycles. The number of aliphatic carboxylic acids is 1. The average molecular weight is 293 g/mol. The van der Waals surface area contributed by atoms with Crippen molar-refractivity contribution in [3.8, 4) is 0 Å². The van der Waals surface area contributed by atoms with E-state index >= 15 is 0 Å². The SMILES string of the molecule is Cc1nn(C)c(C)c1C(C)NCC1CCC(C(=O)O)CC1. The summed E-state index contributed by atoms with van der Waals surface area (Å²) in [5, 5.41) is 17.1. The number of hydrogen-bond donors (Lipinski definition) is 2. The molecule has 1 aliphatic carbocycles. The number of hydrogen-bond acceptors (Lipinski definition) is 3. The Morgan fingerprint density at radius 1 is 1.38 bits per heavy atom. The van der Waals surface area contributed by atoms with Crippen molar-refractivity contribution in [2.24, 2.45) is 18.9 Å². The lowest BCUT2D eigenvalue weighted by atomic mass is 9.82. The van der Waals surface area contributed by atoms with Crippen molar-refractivity contribution < 1.29 is 9.90 Å². The van der Waals surface area contributed by atoms with Gasteiger partial charge < -0.3 is 10.4 Å². The van der Waals surface area contributed by atoms with Gasteiger partial charge in [-0.2, -0.15) is 5.10 Å². The molecule has 0 bridgehead atoms. The van der Waals surface area contributed by atoms with Gasteiger partial charge in [0, 0.05) is 24.3 Å². The molecule has 2 rings (SSSR count). The summed E-state index contributed by atoms with van der Waals surface area (Å²) >= 11 is 0. The molecule has 118 valence electrons. The maximum Gasteiger partial charge on any atom is 0.306 e. The first-order chi connectivity index (χ1) is 9.90. The highest BCUT2D eigenvalue weighted by Gasteiger charge is 2.26. The Kier molecular flexibility index (Phi) is 5.04. The van der Waals surface area contributed by atoms with E-state index in [1.165, 1.54) is 11.3 Å². The lowest BCUT2D eigenvalue weighted by Gasteiger charge is -2.27. The van der Waals surface area contributed by atoms with Crippen molar-refractivity contribution in [1.29, 1.82) is 0 Å². The monoisotopic (exact) mass is 293 g/mol. The van der Waals surface area contributed by atoms with Gasteiger partial charge in [-0.05, 0) is 58.9 Å². The second-order valence-electron chi connectivity index (χ2n) is 6.39. The van der Waals surface area contributed by atoms with Gasteiger partial charge in [0.2, 0.25) is 0 Å². The summed E-state index contributed by atoms with van der Waals surface area (Å²) in [5.74, 6) is -0.154. The third-order valence-corrected chi connectivity index (χ3v) is 4.91. The summed E-state index contributed by atoms with van der Waals surface area (Å²) in [6.45, 7) is 7.30. The zero-order chi connectivity index (χ0) is 15.6. The van der Waals surface area contributed by atoms with Gasteiger partial charge in [0.25, 0.3) is 0 Å². The molecule has 1 unspecified atom stereocenters. The lowest BCUT2D eigenvalue weighted by molar-refractivity contribution is -0.143. The highest BCUT2D eigenvalue weighted by atomic mass is 16.4. The van der Waals surface area contributed by atoms with Crippen molar-refractivity contribution in [1.82, 2.24) is 15.1 Å². The Morgan fingerprint density at radius 3 is 2.48 bits per heavy atom. The van der Waals surface area contributed by atoms with E-state index in [2.05, 4.69) is 31.2 Å². The van der Waals surface area contributed by atoms with Gasteiger partial charge in [-0.3, -0.25) is 9.48 Å². The highest BCUT2D eigenvalue weighted by molar-refractivity contribution is 5.69. The maximum atomic E-state index is 11.0. The van der Waals surface area contributed by atoms with E-state index in [1.54, 1.807) is 0 Å². The molecule has 2 N–H and O–H groups in total. The van der Waals surface area contributed by atoms with Gasteiger partial charge >= 0.3 is 5.97 Å². The molecule has 21 heavy (non-hydrogen) atoms. The summed E-state index contributed by atoms with van der Waals surface area (Å²) in [4.78, 5) is 11.0. The standard InChI is InChI=1S/C16H27N3O2/c1-10(15-11(2)18-19(4)12(15)3)17-9-13-5-7-14(8-6-13)16(20)21/h10,13-14,17H,5-9H2,1-4H3,(H,20,21). The van der Waals surface area contributed by atoms with Crippen LogP contribution in [0.2, 0.25) is 0 Å². The van der Waals surface area contributed by atoms with Crippen LogP contribution < -0.4 is 5.32 Å². The van der Waals surface area contributed by atoms with Crippen LogP contribution in [0.25, 0.3) is 0 Å². The minimum atomic E-state index is -0.628. The Bertz CT molecular complexity index is 502. The first-order valence-electron chi connectivity index (χ1n) is 7.86. The molecule has 1 aromatic rings. The number of nitrogens with zero attached hydrogens (tertiary/aromatic N) is 2. The lowest BCUT2D eigenvalue weighted by Crippen LogP contribution is -2.30. The number of carboxylic acid groups (broad SMARTS) is 1. The Morgan fingerprint density at radius 2 is 2.00 bits per heavy atom. The Labute approximate surface area is 126 Å². The highest BCUT2D eigenvalue weighted by Crippen LogP contribution is 2.29. The van der Waals surface area contributed by atoms with Gasteiger partial charge in [-0.15, -0.1) is 0 Å². The Hall–Kier alpha value is -1.36. The molecule has 0 radical (unpaired) electrons. The van der Waals surface area contributed by atoms with E-state index in [0.29, 0.717) is 5.92 Å². The predicted octanol–water partition coefficient (Wildman–Crippen LogP) is 2.58. The van der Waals surface area contributed by atoms with Gasteiger partial charge in [-0.1, -0.05) is 0 Å². The van der Waals surface area contributed by atoms with E-state index < -0.39 is 5.97 Å². The maximum absolute atomic E-state index is 11.0. The minimum Gasteiger partial charge on any atom is -0.481 e. The zero-order valence-corrected chi connectivity index (χ0v) is 13.5. The van der Waals surface area contributed by atoms with E-state index in [4.69, 9.17) is 5.11 Å². The number of aromatic nitrogens is 2. The van der Waals surface area contributed by atoms with Crippen molar-refractivity contribution in [3.05, 3.63) is 17.0 Å². The normalized spacial score (nSPS) is 24.0. The van der Waals surface area contributed by atoms with Crippen LogP contribution in [-0.4, -0.2) is 27.4 Å². The number of aryl methyl sites for hydroxylation is 2. The molecule has 1 aromatic heterocycles. The summed E-state index contributed by atoms with van der Waals surface area (Å²) in [5.41, 5.74) is 3.59.